The number of aryl methyl sites for hydroxylation is 1. The predicted octanol–water partition coefficient (Wildman–Crippen LogP) is 7.21. The van der Waals surface area contributed by atoms with Gasteiger partial charge in [0.1, 0.15) is 0 Å². The minimum absolute atomic E-state index is 0.00681. The fourth-order valence-electron chi connectivity index (χ4n) is 5.57. The number of para-hydroxylation sites is 1. The molecular weight excluding hydrogens is 452 g/mol. The minimum atomic E-state index is -0.202. The first-order chi connectivity index (χ1) is 17.1. The third-order valence-electron chi connectivity index (χ3n) is 7.16. The molecule has 5 aromatic rings. The van der Waals surface area contributed by atoms with E-state index >= 15 is 0 Å². The first-order valence-corrected chi connectivity index (χ1v) is 12.2. The monoisotopic (exact) mass is 476 g/mol. The fraction of sp³-hybridized carbons (Fsp3) is 0.129. The topological polar surface area (TPSA) is 25.2 Å². The van der Waals surface area contributed by atoms with E-state index in [9.17, 15) is 4.79 Å². The van der Waals surface area contributed by atoms with E-state index in [0.717, 1.165) is 5.56 Å². The van der Waals surface area contributed by atoms with Crippen molar-refractivity contribution in [2.45, 2.75) is 12.0 Å². The maximum absolute atomic E-state index is 14.1. The molecule has 1 aromatic heterocycles. The van der Waals surface area contributed by atoms with Crippen molar-refractivity contribution in [2.75, 3.05) is 6.54 Å². The van der Waals surface area contributed by atoms with E-state index in [2.05, 4.69) is 72.3 Å². The third kappa shape index (κ3) is 3.64. The van der Waals surface area contributed by atoms with Gasteiger partial charge in [0.05, 0.1) is 6.04 Å². The lowest BCUT2D eigenvalue weighted by Crippen LogP contribution is -2.43. The van der Waals surface area contributed by atoms with Crippen molar-refractivity contribution in [3.05, 3.63) is 142 Å². The SMILES string of the molecule is Cn1c2c(c3ccccc31)[C@H](c1ccccc1)CN(C(=O)c1ccc(Cl)cc1)[C@H]2c1ccccc1. The molecule has 4 aromatic carbocycles. The number of halogens is 1. The highest BCUT2D eigenvalue weighted by molar-refractivity contribution is 6.30. The molecule has 0 fully saturated rings. The minimum Gasteiger partial charge on any atom is -0.345 e. The Hall–Kier alpha value is -3.82. The van der Waals surface area contributed by atoms with Crippen LogP contribution in [0.5, 0.6) is 0 Å². The quantitative estimate of drug-likeness (QED) is 0.270. The number of hydrogen-bond acceptors (Lipinski definition) is 1. The molecule has 0 N–H and O–H groups in total. The number of fused-ring (bicyclic) bond motifs is 3. The summed E-state index contributed by atoms with van der Waals surface area (Å²) in [6.45, 7) is 0.589. The van der Waals surface area contributed by atoms with Gasteiger partial charge in [0.25, 0.3) is 5.91 Å². The van der Waals surface area contributed by atoms with Crippen LogP contribution in [0.15, 0.2) is 109 Å². The fourth-order valence-corrected chi connectivity index (χ4v) is 5.70. The Kier molecular flexibility index (Phi) is 5.43. The molecule has 3 nitrogen and oxygen atoms in total. The van der Waals surface area contributed by atoms with Gasteiger partial charge in [0.15, 0.2) is 0 Å². The van der Waals surface area contributed by atoms with Gasteiger partial charge >= 0.3 is 0 Å². The molecule has 6 rings (SSSR count). The number of nitrogens with zero attached hydrogens (tertiary/aromatic N) is 2. The summed E-state index contributed by atoms with van der Waals surface area (Å²) in [5.41, 5.74) is 6.62. The summed E-state index contributed by atoms with van der Waals surface area (Å²) in [7, 11) is 2.12. The molecule has 1 amide bonds. The molecule has 0 saturated carbocycles. The van der Waals surface area contributed by atoms with Crippen LogP contribution in [0.25, 0.3) is 10.9 Å². The molecule has 4 heteroatoms. The average molecular weight is 477 g/mol. The highest BCUT2D eigenvalue weighted by atomic mass is 35.5. The highest BCUT2D eigenvalue weighted by Crippen LogP contribution is 2.47. The Balaban J connectivity index is 1.63. The number of hydrogen-bond donors (Lipinski definition) is 0. The molecule has 0 unspecified atom stereocenters. The van der Waals surface area contributed by atoms with E-state index in [4.69, 9.17) is 11.6 Å². The van der Waals surface area contributed by atoms with Gasteiger partial charge in [-0.3, -0.25) is 4.79 Å². The lowest BCUT2D eigenvalue weighted by Gasteiger charge is -2.41. The van der Waals surface area contributed by atoms with E-state index in [0.29, 0.717) is 17.1 Å². The van der Waals surface area contributed by atoms with Crippen molar-refractivity contribution in [2.24, 2.45) is 7.05 Å². The van der Waals surface area contributed by atoms with Crippen LogP contribution in [0.2, 0.25) is 5.02 Å². The van der Waals surface area contributed by atoms with Gasteiger partial charge in [0.2, 0.25) is 0 Å². The van der Waals surface area contributed by atoms with E-state index in [1.54, 1.807) is 12.1 Å². The van der Waals surface area contributed by atoms with Crippen molar-refractivity contribution in [3.8, 4) is 0 Å². The molecule has 0 aliphatic carbocycles. The normalized spacial score (nSPS) is 17.4. The summed E-state index contributed by atoms with van der Waals surface area (Å²) in [6.07, 6.45) is 0. The van der Waals surface area contributed by atoms with Gasteiger partial charge in [-0.05, 0) is 47.0 Å². The van der Waals surface area contributed by atoms with Crippen molar-refractivity contribution < 1.29 is 4.79 Å². The largest absolute Gasteiger partial charge is 0.345 e. The van der Waals surface area contributed by atoms with Crippen LogP contribution in [-0.4, -0.2) is 21.9 Å². The maximum atomic E-state index is 14.1. The number of rotatable bonds is 3. The van der Waals surface area contributed by atoms with Crippen molar-refractivity contribution >= 4 is 28.4 Å². The molecule has 35 heavy (non-hydrogen) atoms. The smallest absolute Gasteiger partial charge is 0.254 e. The molecule has 0 saturated heterocycles. The first kappa shape index (κ1) is 21.7. The third-order valence-corrected chi connectivity index (χ3v) is 7.41. The Bertz CT molecular complexity index is 1510. The zero-order chi connectivity index (χ0) is 23.9. The number of carbonyl (C=O) groups is 1. The van der Waals surface area contributed by atoms with Crippen LogP contribution in [-0.2, 0) is 7.05 Å². The zero-order valence-corrected chi connectivity index (χ0v) is 20.2. The second-order valence-corrected chi connectivity index (χ2v) is 9.55. The summed E-state index contributed by atoms with van der Waals surface area (Å²) in [5.74, 6) is 0.0702. The van der Waals surface area contributed by atoms with Gasteiger partial charge < -0.3 is 9.47 Å². The van der Waals surface area contributed by atoms with Gasteiger partial charge in [-0.25, -0.2) is 0 Å². The molecule has 1 aliphatic rings. The van der Waals surface area contributed by atoms with Crippen molar-refractivity contribution in [1.82, 2.24) is 9.47 Å². The summed E-state index contributed by atoms with van der Waals surface area (Å²) >= 11 is 6.13. The van der Waals surface area contributed by atoms with E-state index in [1.165, 1.54) is 27.7 Å². The number of aromatic nitrogens is 1. The summed E-state index contributed by atoms with van der Waals surface area (Å²) in [6, 6.07) is 36.5. The zero-order valence-electron chi connectivity index (χ0n) is 19.4. The number of benzene rings is 4. The Morgan fingerprint density at radius 3 is 2.06 bits per heavy atom. The molecule has 2 atom stereocenters. The average Bonchev–Trinajstić information content (AvgIpc) is 3.21. The van der Waals surface area contributed by atoms with Crippen molar-refractivity contribution in [1.29, 1.82) is 0 Å². The van der Waals surface area contributed by atoms with Crippen LogP contribution in [0.4, 0.5) is 0 Å². The summed E-state index contributed by atoms with van der Waals surface area (Å²) in [5, 5.41) is 1.87. The molecule has 172 valence electrons. The summed E-state index contributed by atoms with van der Waals surface area (Å²) in [4.78, 5) is 16.1. The first-order valence-electron chi connectivity index (χ1n) is 11.9. The van der Waals surface area contributed by atoms with E-state index in [1.807, 2.05) is 41.3 Å². The number of amides is 1. The van der Waals surface area contributed by atoms with Gasteiger partial charge in [0, 0.05) is 46.7 Å². The second-order valence-electron chi connectivity index (χ2n) is 9.12. The lowest BCUT2D eigenvalue weighted by atomic mass is 9.81. The van der Waals surface area contributed by atoms with Crippen LogP contribution in [0, 0.1) is 0 Å². The molecular formula is C31H25ClN2O. The maximum Gasteiger partial charge on any atom is 0.254 e. The summed E-state index contributed by atoms with van der Waals surface area (Å²) < 4.78 is 2.28. The van der Waals surface area contributed by atoms with Gasteiger partial charge in [-0.15, -0.1) is 0 Å². The molecule has 0 spiro atoms. The van der Waals surface area contributed by atoms with Crippen LogP contribution in [0.1, 0.15) is 44.7 Å². The standard InChI is InChI=1S/C31H25ClN2O/c1-33-27-15-9-8-14-25(27)28-26(21-10-4-2-5-11-21)20-34(31(35)23-16-18-24(32)19-17-23)29(30(28)33)22-12-6-3-7-13-22/h2-19,26,29H,20H2,1H3/t26-,29-/m0/s1. The Labute approximate surface area is 210 Å². The van der Waals surface area contributed by atoms with Crippen LogP contribution in [0.3, 0.4) is 0 Å². The molecule has 0 radical (unpaired) electrons. The lowest BCUT2D eigenvalue weighted by molar-refractivity contribution is 0.0677. The van der Waals surface area contributed by atoms with Gasteiger partial charge in [-0.2, -0.15) is 0 Å². The molecule has 2 heterocycles. The molecule has 1 aliphatic heterocycles. The van der Waals surface area contributed by atoms with Crippen LogP contribution >= 0.6 is 11.6 Å². The second kappa shape index (κ2) is 8.75. The van der Waals surface area contributed by atoms with Crippen molar-refractivity contribution in [3.63, 3.8) is 0 Å². The Morgan fingerprint density at radius 2 is 1.37 bits per heavy atom. The Morgan fingerprint density at radius 1 is 0.771 bits per heavy atom. The predicted molar refractivity (Wildman–Crippen MR) is 142 cm³/mol. The van der Waals surface area contributed by atoms with E-state index < -0.39 is 0 Å². The molecule has 0 bridgehead atoms. The van der Waals surface area contributed by atoms with E-state index in [-0.39, 0.29) is 17.9 Å². The van der Waals surface area contributed by atoms with Gasteiger partial charge in [-0.1, -0.05) is 90.5 Å². The number of carbonyl (C=O) groups excluding carboxylic acids is 1. The highest BCUT2D eigenvalue weighted by Gasteiger charge is 2.41. The van der Waals surface area contributed by atoms with Crippen LogP contribution < -0.4 is 0 Å².